The van der Waals surface area contributed by atoms with Gasteiger partial charge in [0.15, 0.2) is 5.82 Å². The van der Waals surface area contributed by atoms with Gasteiger partial charge in [-0.1, -0.05) is 24.3 Å². The third-order valence-corrected chi connectivity index (χ3v) is 6.36. The van der Waals surface area contributed by atoms with E-state index < -0.39 is 0 Å². The Hall–Kier alpha value is -2.01. The molecule has 2 aliphatic carbocycles. The number of rotatable bonds is 3. The molecular weight excluding hydrogens is 322 g/mol. The van der Waals surface area contributed by atoms with Crippen LogP contribution in [0.3, 0.4) is 0 Å². The predicted octanol–water partition coefficient (Wildman–Crippen LogP) is 3.54. The van der Waals surface area contributed by atoms with Gasteiger partial charge in [-0.3, -0.25) is 0 Å². The fourth-order valence-electron chi connectivity index (χ4n) is 4.15. The van der Waals surface area contributed by atoms with Crippen LogP contribution in [0.5, 0.6) is 0 Å². The van der Waals surface area contributed by atoms with Crippen molar-refractivity contribution in [2.24, 2.45) is 5.73 Å². The lowest BCUT2D eigenvalue weighted by Gasteiger charge is -2.21. The van der Waals surface area contributed by atoms with Gasteiger partial charge >= 0.3 is 0 Å². The number of hydrogen-bond acceptors (Lipinski definition) is 5. The minimum absolute atomic E-state index is 0.160. The molecule has 2 aromatic rings. The van der Waals surface area contributed by atoms with Crippen LogP contribution in [-0.4, -0.2) is 27.0 Å². The van der Waals surface area contributed by atoms with Gasteiger partial charge in [0, 0.05) is 23.1 Å². The van der Waals surface area contributed by atoms with E-state index >= 15 is 0 Å². The predicted molar refractivity (Wildman–Crippen MR) is 103 cm³/mol. The molecule has 6 rings (SSSR count). The zero-order valence-electron chi connectivity index (χ0n) is 15.7. The van der Waals surface area contributed by atoms with Gasteiger partial charge in [0.05, 0.1) is 0 Å². The van der Waals surface area contributed by atoms with Crippen molar-refractivity contribution >= 4 is 5.95 Å². The second-order valence-corrected chi connectivity index (χ2v) is 9.29. The molecule has 3 heterocycles. The number of hydrogen-bond donors (Lipinski definition) is 2. The molecular formula is C21H27N5. The Morgan fingerprint density at radius 3 is 2.15 bits per heavy atom. The lowest BCUT2D eigenvalue weighted by atomic mass is 9.86. The molecule has 4 bridgehead atoms. The summed E-state index contributed by atoms with van der Waals surface area (Å²) in [6, 6.07) is 8.92. The van der Waals surface area contributed by atoms with Crippen molar-refractivity contribution < 1.29 is 0 Å². The lowest BCUT2D eigenvalue weighted by Crippen LogP contribution is -2.40. The van der Waals surface area contributed by atoms with Crippen LogP contribution in [0.15, 0.2) is 24.3 Å². The summed E-state index contributed by atoms with van der Waals surface area (Å²) in [5.41, 5.74) is 8.94. The SMILES string of the molecule is CC(C)(N)CNc1nc2nc(n1)C1(CCC3(CC3)c3ccc-2cc3)CC1. The average molecular weight is 349 g/mol. The summed E-state index contributed by atoms with van der Waals surface area (Å²) in [5, 5.41) is 3.33. The first-order valence-electron chi connectivity index (χ1n) is 9.78. The molecule has 2 spiro atoms. The second kappa shape index (κ2) is 5.26. The third kappa shape index (κ3) is 2.78. The number of nitrogens with two attached hydrogens (primary N) is 1. The minimum Gasteiger partial charge on any atom is -0.352 e. The maximum atomic E-state index is 6.13. The lowest BCUT2D eigenvalue weighted by molar-refractivity contribution is 0.488. The van der Waals surface area contributed by atoms with E-state index in [0.29, 0.717) is 17.9 Å². The maximum Gasteiger partial charge on any atom is 0.226 e. The molecule has 136 valence electrons. The van der Waals surface area contributed by atoms with Crippen LogP contribution in [0, 0.1) is 0 Å². The molecule has 0 unspecified atom stereocenters. The maximum absolute atomic E-state index is 6.13. The minimum atomic E-state index is -0.312. The molecule has 0 amide bonds. The molecule has 0 radical (unpaired) electrons. The van der Waals surface area contributed by atoms with Crippen molar-refractivity contribution in [3.63, 3.8) is 0 Å². The van der Waals surface area contributed by atoms with Gasteiger partial charge in [-0.05, 0) is 63.4 Å². The molecule has 4 aliphatic rings. The Morgan fingerprint density at radius 1 is 0.923 bits per heavy atom. The first kappa shape index (κ1) is 16.2. The quantitative estimate of drug-likeness (QED) is 0.886. The summed E-state index contributed by atoms with van der Waals surface area (Å²) in [5.74, 6) is 2.40. The molecule has 1 aromatic heterocycles. The van der Waals surface area contributed by atoms with Crippen molar-refractivity contribution in [2.75, 3.05) is 11.9 Å². The first-order chi connectivity index (χ1) is 12.4. The molecule has 26 heavy (non-hydrogen) atoms. The Balaban J connectivity index is 1.58. The number of anilines is 1. The highest BCUT2D eigenvalue weighted by molar-refractivity contribution is 5.58. The van der Waals surface area contributed by atoms with E-state index in [0.717, 1.165) is 17.2 Å². The van der Waals surface area contributed by atoms with Crippen molar-refractivity contribution in [3.05, 3.63) is 35.7 Å². The van der Waals surface area contributed by atoms with Gasteiger partial charge in [0.2, 0.25) is 5.95 Å². The van der Waals surface area contributed by atoms with Gasteiger partial charge < -0.3 is 11.1 Å². The van der Waals surface area contributed by atoms with Crippen LogP contribution >= 0.6 is 0 Å². The summed E-state index contributed by atoms with van der Waals surface area (Å²) in [6.45, 7) is 4.63. The van der Waals surface area contributed by atoms with Crippen molar-refractivity contribution in [1.82, 2.24) is 15.0 Å². The van der Waals surface area contributed by atoms with E-state index in [2.05, 4.69) is 29.6 Å². The van der Waals surface area contributed by atoms with Crippen LogP contribution in [0.4, 0.5) is 5.95 Å². The smallest absolute Gasteiger partial charge is 0.226 e. The fraction of sp³-hybridized carbons (Fsp3) is 0.571. The molecule has 5 heteroatoms. The summed E-state index contributed by atoms with van der Waals surface area (Å²) in [7, 11) is 0. The highest BCUT2D eigenvalue weighted by Crippen LogP contribution is 2.58. The van der Waals surface area contributed by atoms with E-state index in [9.17, 15) is 0 Å². The van der Waals surface area contributed by atoms with Crippen LogP contribution in [-0.2, 0) is 10.8 Å². The van der Waals surface area contributed by atoms with Gasteiger partial charge in [-0.2, -0.15) is 9.97 Å². The van der Waals surface area contributed by atoms with Crippen molar-refractivity contribution in [1.29, 1.82) is 0 Å². The summed E-state index contributed by atoms with van der Waals surface area (Å²) < 4.78 is 0. The Kier molecular flexibility index (Phi) is 3.27. The van der Waals surface area contributed by atoms with Crippen LogP contribution in [0.1, 0.15) is 63.8 Å². The van der Waals surface area contributed by atoms with Gasteiger partial charge in [0.25, 0.3) is 0 Å². The number of aromatic nitrogens is 3. The van der Waals surface area contributed by atoms with Gasteiger partial charge in [0.1, 0.15) is 5.82 Å². The van der Waals surface area contributed by atoms with E-state index in [1.165, 1.54) is 44.1 Å². The average Bonchev–Trinajstić information content (AvgIpc) is 3.52. The first-order valence-corrected chi connectivity index (χ1v) is 9.78. The second-order valence-electron chi connectivity index (χ2n) is 9.29. The number of fused-ring (bicyclic) bond motifs is 3. The summed E-state index contributed by atoms with van der Waals surface area (Å²) >= 11 is 0. The zero-order chi connectivity index (χ0) is 18.0. The Morgan fingerprint density at radius 2 is 1.54 bits per heavy atom. The molecule has 2 saturated carbocycles. The van der Waals surface area contributed by atoms with E-state index in [4.69, 9.17) is 20.7 Å². The standard InChI is InChI=1S/C21H27N5/c1-19(2,22)13-23-18-25-16-14-3-5-15(6-4-14)20(7-8-20)9-10-21(11-12-21)17(24-16)26-18/h3-6H,7-13,22H2,1-2H3,(H,23,24,25,26). The van der Waals surface area contributed by atoms with Crippen LogP contribution < -0.4 is 11.1 Å². The fourth-order valence-corrected chi connectivity index (χ4v) is 4.15. The van der Waals surface area contributed by atoms with E-state index in [1.54, 1.807) is 0 Å². The Labute approximate surface area is 154 Å². The molecule has 3 N–H and O–H groups in total. The van der Waals surface area contributed by atoms with E-state index in [-0.39, 0.29) is 11.0 Å². The normalized spacial score (nSPS) is 21.5. The third-order valence-electron chi connectivity index (χ3n) is 6.36. The number of nitrogens with zero attached hydrogens (tertiary/aromatic N) is 3. The van der Waals surface area contributed by atoms with Crippen LogP contribution in [0.2, 0.25) is 0 Å². The summed E-state index contributed by atoms with van der Waals surface area (Å²) in [6.07, 6.45) is 7.44. The zero-order valence-corrected chi connectivity index (χ0v) is 15.7. The molecule has 0 saturated heterocycles. The molecule has 0 atom stereocenters. The summed E-state index contributed by atoms with van der Waals surface area (Å²) in [4.78, 5) is 14.4. The molecule has 2 aliphatic heterocycles. The van der Waals surface area contributed by atoms with Crippen molar-refractivity contribution in [2.45, 2.75) is 68.7 Å². The molecule has 5 nitrogen and oxygen atoms in total. The van der Waals surface area contributed by atoms with Gasteiger partial charge in [-0.15, -0.1) is 0 Å². The number of benzene rings is 1. The highest BCUT2D eigenvalue weighted by atomic mass is 15.2. The topological polar surface area (TPSA) is 76.7 Å². The highest BCUT2D eigenvalue weighted by Gasteiger charge is 2.52. The van der Waals surface area contributed by atoms with E-state index in [1.807, 2.05) is 13.8 Å². The van der Waals surface area contributed by atoms with Crippen LogP contribution in [0.25, 0.3) is 11.4 Å². The molecule has 2 fully saturated rings. The monoisotopic (exact) mass is 349 g/mol. The number of nitrogens with one attached hydrogen (secondary N) is 1. The molecule has 1 aromatic carbocycles. The largest absolute Gasteiger partial charge is 0.352 e. The Bertz CT molecular complexity index is 842. The van der Waals surface area contributed by atoms with Gasteiger partial charge in [-0.25, -0.2) is 4.98 Å². The van der Waals surface area contributed by atoms with Crippen molar-refractivity contribution in [3.8, 4) is 11.4 Å².